The third-order valence-corrected chi connectivity index (χ3v) is 9.39. The number of nitrogens with zero attached hydrogens (tertiary/aromatic N) is 8. The Kier molecular flexibility index (Phi) is 6.62. The normalized spacial score (nSPS) is 25.7. The average Bonchev–Trinajstić information content (AvgIpc) is 3.83. The molecule has 4 aromatic heterocycles. The predicted octanol–water partition coefficient (Wildman–Crippen LogP) is 4.37. The molecule has 6 heterocycles. The van der Waals surface area contributed by atoms with E-state index in [-0.39, 0.29) is 6.61 Å². The van der Waals surface area contributed by atoms with Crippen LogP contribution in [-0.4, -0.2) is 69.8 Å². The third kappa shape index (κ3) is 4.76. The predicted molar refractivity (Wildman–Crippen MR) is 158 cm³/mol. The first-order valence-corrected chi connectivity index (χ1v) is 15.5. The molecule has 12 nitrogen and oxygen atoms in total. The van der Waals surface area contributed by atoms with Crippen molar-refractivity contribution in [3.63, 3.8) is 0 Å². The average molecular weight is 615 g/mol. The highest BCUT2D eigenvalue weighted by Gasteiger charge is 2.52. The van der Waals surface area contributed by atoms with Crippen LogP contribution in [0.5, 0.6) is 0 Å². The highest BCUT2D eigenvalue weighted by Crippen LogP contribution is 2.44. The van der Waals surface area contributed by atoms with E-state index in [9.17, 15) is 5.11 Å². The number of aliphatic hydroxyl groups excluding tert-OH is 1. The molecule has 1 N–H and O–H groups in total. The number of hydrogen-bond acceptors (Lipinski definition) is 12. The summed E-state index contributed by atoms with van der Waals surface area (Å²) in [4.78, 5) is 14.4. The van der Waals surface area contributed by atoms with Crippen molar-refractivity contribution in [3.8, 4) is 16.3 Å². The van der Waals surface area contributed by atoms with Crippen molar-refractivity contribution < 1.29 is 19.3 Å². The van der Waals surface area contributed by atoms with Crippen LogP contribution in [0.15, 0.2) is 66.4 Å². The van der Waals surface area contributed by atoms with E-state index in [1.165, 1.54) is 11.3 Å². The van der Waals surface area contributed by atoms with Gasteiger partial charge in [-0.15, -0.1) is 27.8 Å². The third-order valence-electron chi connectivity index (χ3n) is 7.67. The maximum Gasteiger partial charge on any atom is 0.184 e. The molecule has 2 fully saturated rings. The van der Waals surface area contributed by atoms with Gasteiger partial charge in [0.2, 0.25) is 0 Å². The number of ether oxygens (including phenoxy) is 3. The van der Waals surface area contributed by atoms with Crippen molar-refractivity contribution in [2.75, 3.05) is 6.61 Å². The molecule has 2 aliphatic heterocycles. The molecule has 6 atom stereocenters. The molecular formula is C29H26N8O4S2. The smallest absolute Gasteiger partial charge is 0.184 e. The molecular weight excluding hydrogens is 589 g/mol. The monoisotopic (exact) mass is 614 g/mol. The van der Waals surface area contributed by atoms with Crippen LogP contribution in [0.1, 0.15) is 40.7 Å². The van der Waals surface area contributed by atoms with E-state index in [4.69, 9.17) is 24.3 Å². The van der Waals surface area contributed by atoms with E-state index in [0.29, 0.717) is 17.3 Å². The first-order valence-electron chi connectivity index (χ1n) is 13.8. The summed E-state index contributed by atoms with van der Waals surface area (Å²) in [6.45, 7) is 4.06. The largest absolute Gasteiger partial charge is 0.388 e. The lowest BCUT2D eigenvalue weighted by molar-refractivity contribution is -0.319. The minimum absolute atomic E-state index is 0.250. The summed E-state index contributed by atoms with van der Waals surface area (Å²) < 4.78 is 23.7. The lowest BCUT2D eigenvalue weighted by Gasteiger charge is -2.47. The minimum Gasteiger partial charge on any atom is -0.388 e. The zero-order chi connectivity index (χ0) is 29.1. The summed E-state index contributed by atoms with van der Waals surface area (Å²) in [6, 6.07) is 15.0. The Balaban J connectivity index is 1.19. The standard InChI is InChI=1S/C29H26N8O4S2/c1-15-31-28(37(34-15)18-8-9-19-22(10-18)43-16(2)32-19)27-25(38)24(36-12-20(33-35-36)23-11-30-14-42-23)26-21(40-27)13-39-29(41-26)17-6-4-3-5-7-17/h3-12,14,21,24-27,29,38H,13H2,1-2H3/t21-,24-,25-,26+,27-,29?/m1/s1. The maximum atomic E-state index is 12.1. The molecule has 6 aromatic rings. The molecule has 0 bridgehead atoms. The van der Waals surface area contributed by atoms with Crippen molar-refractivity contribution in [2.45, 2.75) is 50.6 Å². The van der Waals surface area contributed by atoms with Crippen molar-refractivity contribution in [3.05, 3.63) is 88.7 Å². The van der Waals surface area contributed by atoms with E-state index in [1.807, 2.05) is 68.6 Å². The van der Waals surface area contributed by atoms with Crippen molar-refractivity contribution in [1.29, 1.82) is 0 Å². The molecule has 1 unspecified atom stereocenters. The highest BCUT2D eigenvalue weighted by atomic mass is 32.1. The number of aliphatic hydroxyl groups is 1. The minimum atomic E-state index is -1.11. The summed E-state index contributed by atoms with van der Waals surface area (Å²) in [5, 5.41) is 26.6. The first kappa shape index (κ1) is 26.7. The number of benzene rings is 2. The Morgan fingerprint density at radius 3 is 2.77 bits per heavy atom. The quantitative estimate of drug-likeness (QED) is 0.298. The number of aromatic nitrogens is 8. The van der Waals surface area contributed by atoms with Crippen molar-refractivity contribution in [2.24, 2.45) is 0 Å². The molecule has 8 rings (SSSR count). The van der Waals surface area contributed by atoms with Gasteiger partial charge in [0.05, 0.1) is 44.1 Å². The molecule has 2 saturated heterocycles. The highest BCUT2D eigenvalue weighted by molar-refractivity contribution is 7.18. The van der Waals surface area contributed by atoms with Gasteiger partial charge < -0.3 is 19.3 Å². The van der Waals surface area contributed by atoms with Gasteiger partial charge in [0.25, 0.3) is 0 Å². The second kappa shape index (κ2) is 10.7. The Morgan fingerprint density at radius 2 is 1.93 bits per heavy atom. The molecule has 218 valence electrons. The molecule has 0 spiro atoms. The van der Waals surface area contributed by atoms with E-state index in [2.05, 4.69) is 20.3 Å². The van der Waals surface area contributed by atoms with Gasteiger partial charge in [0, 0.05) is 11.8 Å². The first-order chi connectivity index (χ1) is 21.0. The maximum absolute atomic E-state index is 12.1. The Morgan fingerprint density at radius 1 is 1.05 bits per heavy atom. The van der Waals surface area contributed by atoms with E-state index < -0.39 is 36.7 Å². The van der Waals surface area contributed by atoms with Crippen molar-refractivity contribution in [1.82, 2.24) is 39.7 Å². The zero-order valence-electron chi connectivity index (χ0n) is 23.1. The summed E-state index contributed by atoms with van der Waals surface area (Å²) in [5.41, 5.74) is 5.01. The molecule has 0 radical (unpaired) electrons. The van der Waals surface area contributed by atoms with Crippen LogP contribution in [0.2, 0.25) is 0 Å². The lowest BCUT2D eigenvalue weighted by Crippen LogP contribution is -2.57. The Hall–Kier alpha value is -3.92. The molecule has 14 heteroatoms. The van der Waals surface area contributed by atoms with E-state index in [0.717, 1.165) is 31.4 Å². The van der Waals surface area contributed by atoms with Crippen LogP contribution in [-0.2, 0) is 14.2 Å². The van der Waals surface area contributed by atoms with Gasteiger partial charge in [-0.3, -0.25) is 4.98 Å². The number of aryl methyl sites for hydroxylation is 2. The molecule has 0 amide bonds. The zero-order valence-corrected chi connectivity index (χ0v) is 24.7. The number of fused-ring (bicyclic) bond motifs is 2. The van der Waals surface area contributed by atoms with E-state index in [1.54, 1.807) is 32.4 Å². The van der Waals surface area contributed by atoms with Crippen LogP contribution in [0.4, 0.5) is 0 Å². The molecule has 0 aliphatic carbocycles. The van der Waals surface area contributed by atoms with Gasteiger partial charge in [-0.2, -0.15) is 5.10 Å². The van der Waals surface area contributed by atoms with E-state index >= 15 is 0 Å². The van der Waals surface area contributed by atoms with Gasteiger partial charge in [-0.25, -0.2) is 19.3 Å². The summed E-state index contributed by atoms with van der Waals surface area (Å²) in [6.07, 6.45) is -0.142. The van der Waals surface area contributed by atoms with Gasteiger partial charge in [-0.05, 0) is 32.0 Å². The van der Waals surface area contributed by atoms with Gasteiger partial charge >= 0.3 is 0 Å². The fourth-order valence-electron chi connectivity index (χ4n) is 5.76. The van der Waals surface area contributed by atoms with Crippen LogP contribution < -0.4 is 0 Å². The summed E-state index contributed by atoms with van der Waals surface area (Å²) in [7, 11) is 0. The molecule has 0 saturated carbocycles. The molecule has 2 aliphatic rings. The van der Waals surface area contributed by atoms with Crippen LogP contribution >= 0.6 is 22.7 Å². The summed E-state index contributed by atoms with van der Waals surface area (Å²) >= 11 is 3.08. The fraction of sp³-hybridized carbons (Fsp3) is 0.310. The van der Waals surface area contributed by atoms with Crippen LogP contribution in [0.25, 0.3) is 26.5 Å². The number of rotatable bonds is 5. The summed E-state index contributed by atoms with van der Waals surface area (Å²) in [5.74, 6) is 1.03. The van der Waals surface area contributed by atoms with Gasteiger partial charge in [0.1, 0.15) is 42.0 Å². The van der Waals surface area contributed by atoms with Crippen molar-refractivity contribution >= 4 is 32.9 Å². The fourth-order valence-corrected chi connectivity index (χ4v) is 7.19. The van der Waals surface area contributed by atoms with Crippen LogP contribution in [0, 0.1) is 13.8 Å². The second-order valence-corrected chi connectivity index (χ2v) is 12.6. The van der Waals surface area contributed by atoms with Gasteiger partial charge in [-0.1, -0.05) is 35.5 Å². The molecule has 43 heavy (non-hydrogen) atoms. The topological polar surface area (TPSA) is 135 Å². The van der Waals surface area contributed by atoms with Crippen LogP contribution in [0.3, 0.4) is 0 Å². The lowest BCUT2D eigenvalue weighted by atomic mass is 9.91. The Bertz CT molecular complexity index is 1890. The number of thiazole rings is 2. The second-order valence-electron chi connectivity index (χ2n) is 10.5. The Labute approximate surface area is 253 Å². The van der Waals surface area contributed by atoms with Gasteiger partial charge in [0.15, 0.2) is 12.1 Å². The molecule has 2 aromatic carbocycles. The SMILES string of the molecule is Cc1nc([C@@H]2O[C@@H]3COC(c4ccccc4)O[C@@H]3[C@H](n3cc(-c4cncs4)nn3)[C@H]2O)n(-c2ccc3nc(C)sc3c2)n1. The number of hydrogen-bond donors (Lipinski definition) is 1.